The van der Waals surface area contributed by atoms with Gasteiger partial charge in [0.2, 0.25) is 0 Å². The van der Waals surface area contributed by atoms with Crippen LogP contribution in [0.1, 0.15) is 11.1 Å². The topological polar surface area (TPSA) is 34.1 Å². The highest BCUT2D eigenvalue weighted by Crippen LogP contribution is 2.75. The molecule has 4 heteroatoms. The molecule has 2 nitrogen and oxygen atoms in total. The van der Waals surface area contributed by atoms with E-state index in [1.165, 1.54) is 0 Å². The molecule has 0 radical (unpaired) electrons. The molecule has 0 fully saturated rings. The Morgan fingerprint density at radius 1 is 0.500 bits per heavy atom. The normalized spacial score (nSPS) is 17.1. The van der Waals surface area contributed by atoms with Gasteiger partial charge in [-0.1, -0.05) is 146 Å². The van der Waals surface area contributed by atoms with Gasteiger partial charge in [-0.15, -0.1) is 0 Å². The first-order chi connectivity index (χ1) is 17.6. The van der Waals surface area contributed by atoms with Crippen molar-refractivity contribution < 1.29 is 9.13 Å². The van der Waals surface area contributed by atoms with Crippen molar-refractivity contribution in [2.24, 2.45) is 0 Å². The lowest BCUT2D eigenvalue weighted by Crippen LogP contribution is -2.22. The number of hydrogen-bond donors (Lipinski definition) is 0. The first kappa shape index (κ1) is 22.7. The maximum Gasteiger partial charge on any atom is 0.176 e. The van der Waals surface area contributed by atoms with E-state index in [9.17, 15) is 0 Å². The van der Waals surface area contributed by atoms with Crippen molar-refractivity contribution in [3.63, 3.8) is 0 Å². The molecule has 0 spiro atoms. The predicted octanol–water partition coefficient (Wildman–Crippen LogP) is 6.75. The second-order valence-corrected chi connectivity index (χ2v) is 14.5. The van der Waals surface area contributed by atoms with Gasteiger partial charge in [0.15, 0.2) is 14.3 Å². The van der Waals surface area contributed by atoms with E-state index >= 15 is 9.13 Å². The largest absolute Gasteiger partial charge is 0.308 e. The molecule has 1 unspecified atom stereocenters. The third-order valence-corrected chi connectivity index (χ3v) is 14.2. The van der Waals surface area contributed by atoms with Crippen LogP contribution in [0.4, 0.5) is 0 Å². The number of fused-ring (bicyclic) bond motifs is 1. The number of rotatable bonds is 5. The van der Waals surface area contributed by atoms with Crippen molar-refractivity contribution in [3.8, 4) is 0 Å². The molecular weight excluding hydrogens is 478 g/mol. The molecule has 0 saturated heterocycles. The first-order valence-corrected chi connectivity index (χ1v) is 15.3. The zero-order valence-corrected chi connectivity index (χ0v) is 21.4. The summed E-state index contributed by atoms with van der Waals surface area (Å²) in [4.78, 5) is 0. The van der Waals surface area contributed by atoms with E-state index in [0.29, 0.717) is 21.0 Å². The van der Waals surface area contributed by atoms with Gasteiger partial charge in [0.25, 0.3) is 0 Å². The van der Waals surface area contributed by atoms with Gasteiger partial charge in [0, 0.05) is 26.8 Å². The van der Waals surface area contributed by atoms with Gasteiger partial charge in [-0.3, -0.25) is 0 Å². The maximum absolute atomic E-state index is 15.8. The van der Waals surface area contributed by atoms with Crippen molar-refractivity contribution in [2.75, 3.05) is 0 Å². The van der Waals surface area contributed by atoms with Gasteiger partial charge < -0.3 is 9.13 Å². The minimum Gasteiger partial charge on any atom is -0.308 e. The average molecular weight is 502 g/mol. The Morgan fingerprint density at radius 3 is 1.50 bits per heavy atom. The van der Waals surface area contributed by atoms with E-state index in [2.05, 4.69) is 0 Å². The zero-order chi connectivity index (χ0) is 24.6. The molecule has 0 N–H and O–H groups in total. The predicted molar refractivity (Wildman–Crippen MR) is 152 cm³/mol. The van der Waals surface area contributed by atoms with E-state index in [4.69, 9.17) is 0 Å². The zero-order valence-electron chi connectivity index (χ0n) is 19.6. The van der Waals surface area contributed by atoms with Crippen LogP contribution in [0.3, 0.4) is 0 Å². The minimum atomic E-state index is -3.55. The molecule has 0 aromatic heterocycles. The van der Waals surface area contributed by atoms with E-state index < -0.39 is 14.3 Å². The summed E-state index contributed by atoms with van der Waals surface area (Å²) in [5.74, 6) is 0. The van der Waals surface area contributed by atoms with E-state index in [0.717, 1.165) is 22.0 Å². The van der Waals surface area contributed by atoms with Crippen molar-refractivity contribution in [1.29, 1.82) is 0 Å². The van der Waals surface area contributed by atoms with Crippen LogP contribution in [0.15, 0.2) is 151 Å². The molecule has 6 rings (SSSR count). The summed E-state index contributed by atoms with van der Waals surface area (Å²) in [6, 6.07) is 46.5. The molecule has 0 amide bonds. The van der Waals surface area contributed by atoms with Gasteiger partial charge in [-0.25, -0.2) is 0 Å². The van der Waals surface area contributed by atoms with Crippen molar-refractivity contribution in [2.45, 2.75) is 0 Å². The van der Waals surface area contributed by atoms with Crippen LogP contribution in [-0.4, -0.2) is 0 Å². The van der Waals surface area contributed by atoms with Crippen LogP contribution in [-0.2, 0) is 9.13 Å². The lowest BCUT2D eigenvalue weighted by Gasteiger charge is -2.28. The smallest absolute Gasteiger partial charge is 0.176 e. The molecule has 36 heavy (non-hydrogen) atoms. The van der Waals surface area contributed by atoms with Crippen LogP contribution < -0.4 is 21.2 Å². The summed E-state index contributed by atoms with van der Waals surface area (Å²) >= 11 is 0. The van der Waals surface area contributed by atoms with Crippen molar-refractivity contribution >= 4 is 41.1 Å². The summed E-state index contributed by atoms with van der Waals surface area (Å²) in [6.45, 7) is 0. The van der Waals surface area contributed by atoms with Crippen LogP contribution >= 0.6 is 14.3 Å². The number of hydrogen-bond acceptors (Lipinski definition) is 2. The lowest BCUT2D eigenvalue weighted by molar-refractivity contribution is 0.586. The van der Waals surface area contributed by atoms with E-state index in [1.807, 2.05) is 146 Å². The highest BCUT2D eigenvalue weighted by molar-refractivity contribution is 8.01. The molecule has 0 aliphatic carbocycles. The van der Waals surface area contributed by atoms with Crippen molar-refractivity contribution in [3.05, 3.63) is 162 Å². The molecular formula is C32H24O2P2. The molecule has 174 valence electrons. The summed E-state index contributed by atoms with van der Waals surface area (Å²) in [5, 5.41) is 3.35. The third kappa shape index (κ3) is 3.41. The Kier molecular flexibility index (Phi) is 5.73. The summed E-state index contributed by atoms with van der Waals surface area (Å²) in [6.07, 6.45) is 0. The van der Waals surface area contributed by atoms with Gasteiger partial charge >= 0.3 is 0 Å². The second-order valence-electron chi connectivity index (χ2n) is 8.81. The van der Waals surface area contributed by atoms with Gasteiger partial charge in [0.05, 0.1) is 5.06 Å². The molecule has 0 saturated carbocycles. The Labute approximate surface area is 211 Å². The lowest BCUT2D eigenvalue weighted by atomic mass is 10.00. The third-order valence-electron chi connectivity index (χ3n) is 6.75. The summed E-state index contributed by atoms with van der Waals surface area (Å²) in [7, 11) is -7.03. The molecule has 1 aliphatic rings. The van der Waals surface area contributed by atoms with E-state index in [1.54, 1.807) is 0 Å². The fourth-order valence-corrected chi connectivity index (χ4v) is 13.4. The SMILES string of the molecule is O=P(C1=C(c2ccccc2)c2ccccc2P1(=O)c1ccccc1)(c1ccccc1)c1ccccc1. The van der Waals surface area contributed by atoms with Crippen LogP contribution in [0, 0.1) is 0 Å². The first-order valence-electron chi connectivity index (χ1n) is 11.9. The number of benzene rings is 5. The molecule has 1 atom stereocenters. The summed E-state index contributed by atoms with van der Waals surface area (Å²) < 4.78 is 31.5. The molecule has 1 heterocycles. The Morgan fingerprint density at radius 2 is 0.944 bits per heavy atom. The summed E-state index contributed by atoms with van der Waals surface area (Å²) in [5.41, 5.74) is 2.62. The standard InChI is InChI=1S/C32H24O2P2/c33-35(26-17-7-2-8-18-26,27-19-9-3-10-20-27)32-31(25-15-5-1-6-16-25)29-23-13-14-24-30(29)36(32,34)28-21-11-4-12-22-28/h1-24H. The Bertz CT molecular complexity index is 1620. The van der Waals surface area contributed by atoms with Gasteiger partial charge in [-0.2, -0.15) is 0 Å². The molecule has 5 aromatic carbocycles. The highest BCUT2D eigenvalue weighted by Gasteiger charge is 2.51. The van der Waals surface area contributed by atoms with Crippen LogP contribution in [0.25, 0.3) is 5.57 Å². The molecule has 1 aliphatic heterocycles. The van der Waals surface area contributed by atoms with Gasteiger partial charge in [0.1, 0.15) is 0 Å². The Hall–Kier alpha value is -3.70. The molecule has 5 aromatic rings. The minimum absolute atomic E-state index is 0.533. The highest BCUT2D eigenvalue weighted by atomic mass is 31.2. The van der Waals surface area contributed by atoms with Crippen molar-refractivity contribution in [1.82, 2.24) is 0 Å². The maximum atomic E-state index is 15.8. The van der Waals surface area contributed by atoms with Gasteiger partial charge in [-0.05, 0) is 11.1 Å². The Balaban J connectivity index is 1.83. The molecule has 0 bridgehead atoms. The quantitative estimate of drug-likeness (QED) is 0.249. The van der Waals surface area contributed by atoms with E-state index in [-0.39, 0.29) is 0 Å². The fourth-order valence-electron chi connectivity index (χ4n) is 5.17. The fraction of sp³-hybridized carbons (Fsp3) is 0. The monoisotopic (exact) mass is 502 g/mol. The average Bonchev–Trinajstić information content (AvgIpc) is 3.24. The second kappa shape index (κ2) is 9.07. The van der Waals surface area contributed by atoms with Crippen LogP contribution in [0.5, 0.6) is 0 Å². The van der Waals surface area contributed by atoms with Crippen LogP contribution in [0.2, 0.25) is 0 Å².